The molecule has 0 fully saturated rings. The molecule has 0 aliphatic rings. The number of unbranched alkanes of at least 4 members (excludes halogenated alkanes) is 21. The van der Waals surface area contributed by atoms with Gasteiger partial charge in [0.05, 0.1) is 27.7 Å². The molecule has 2 atom stereocenters. The third-order valence-corrected chi connectivity index (χ3v) is 16.8. The van der Waals surface area contributed by atoms with E-state index >= 15 is 0 Å². The lowest BCUT2D eigenvalue weighted by Crippen LogP contribution is -2.37. The van der Waals surface area contributed by atoms with E-state index in [0.29, 0.717) is 17.4 Å². The van der Waals surface area contributed by atoms with E-state index in [1.54, 1.807) is 0 Å². The van der Waals surface area contributed by atoms with Crippen LogP contribution >= 0.6 is 7.82 Å². The molecule has 0 aromatic heterocycles. The zero-order valence-electron chi connectivity index (χ0n) is 62.9. The summed E-state index contributed by atoms with van der Waals surface area (Å²) < 4.78 is 34.4. The summed E-state index contributed by atoms with van der Waals surface area (Å²) in [6.07, 6.45) is 119. The predicted octanol–water partition coefficient (Wildman–Crippen LogP) is 25.5. The number of quaternary nitrogens is 1. The van der Waals surface area contributed by atoms with E-state index in [2.05, 4.69) is 220 Å². The molecule has 9 nitrogen and oxygen atoms in total. The van der Waals surface area contributed by atoms with Crippen molar-refractivity contribution in [3.63, 3.8) is 0 Å². The molecule has 0 rings (SSSR count). The number of hydrogen-bond acceptors (Lipinski definition) is 8. The number of phosphoric ester groups is 1. The van der Waals surface area contributed by atoms with Crippen molar-refractivity contribution in [2.75, 3.05) is 47.5 Å². The van der Waals surface area contributed by atoms with Gasteiger partial charge in [0.15, 0.2) is 6.10 Å². The summed E-state index contributed by atoms with van der Waals surface area (Å²) >= 11 is 0. The summed E-state index contributed by atoms with van der Waals surface area (Å²) in [6.45, 7) is 3.98. The maximum atomic E-state index is 12.9. The van der Waals surface area contributed by atoms with Gasteiger partial charge in [0.25, 0.3) is 7.82 Å². The minimum absolute atomic E-state index is 0.0438. The first kappa shape index (κ1) is 92.6. The van der Waals surface area contributed by atoms with Crippen molar-refractivity contribution in [3.8, 4) is 0 Å². The third-order valence-electron chi connectivity index (χ3n) is 15.8. The first-order chi connectivity index (χ1) is 48.0. The molecule has 0 N–H and O–H groups in total. The molecular weight excluding hydrogens is 1230 g/mol. The molecule has 0 aromatic rings. The second-order valence-corrected chi connectivity index (χ2v) is 27.7. The van der Waals surface area contributed by atoms with E-state index in [1.807, 2.05) is 21.1 Å². The van der Waals surface area contributed by atoms with Crippen LogP contribution in [0.1, 0.15) is 284 Å². The minimum atomic E-state index is -4.66. The van der Waals surface area contributed by atoms with Gasteiger partial charge >= 0.3 is 11.9 Å². The van der Waals surface area contributed by atoms with Gasteiger partial charge in [-0.05, 0) is 148 Å². The summed E-state index contributed by atoms with van der Waals surface area (Å²) in [5.41, 5.74) is 0. The summed E-state index contributed by atoms with van der Waals surface area (Å²) in [6, 6.07) is 0. The van der Waals surface area contributed by atoms with Gasteiger partial charge in [0, 0.05) is 12.8 Å². The Kier molecular flexibility index (Phi) is 71.6. The second kappa shape index (κ2) is 75.8. The van der Waals surface area contributed by atoms with Crippen molar-refractivity contribution in [2.24, 2.45) is 0 Å². The topological polar surface area (TPSA) is 111 Å². The smallest absolute Gasteiger partial charge is 0.306 e. The largest absolute Gasteiger partial charge is 0.756 e. The molecule has 0 aliphatic heterocycles. The SMILES string of the molecule is CC/C=C\C/C=C\C/C=C\C/C=C\C/C=C\C/C=C\C/C=C\C/C=C\C/C=C\C/C=C\CCCCCCCCC(=O)OC(COC(=O)CCCCCCCCCCCCCCCCC/C=C\C/C=C\C/C=C\C/C=C\C/C=C\C/C=C\C/C=C\CC)COP(=O)([O-])OCC[N+](C)(C)C. The zero-order chi connectivity index (χ0) is 71.1. The van der Waals surface area contributed by atoms with Crippen molar-refractivity contribution in [1.29, 1.82) is 0 Å². The molecule has 0 aliphatic carbocycles. The maximum Gasteiger partial charge on any atom is 0.306 e. The van der Waals surface area contributed by atoms with Gasteiger partial charge in [-0.25, -0.2) is 0 Å². The van der Waals surface area contributed by atoms with Crippen LogP contribution in [0.2, 0.25) is 0 Å². The van der Waals surface area contributed by atoms with E-state index in [1.165, 1.54) is 77.0 Å². The van der Waals surface area contributed by atoms with E-state index in [0.717, 1.165) is 173 Å². The Labute approximate surface area is 602 Å². The van der Waals surface area contributed by atoms with Crippen molar-refractivity contribution < 1.29 is 42.1 Å². The number of carbonyl (C=O) groups is 2. The average molecular weight is 1370 g/mol. The highest BCUT2D eigenvalue weighted by atomic mass is 31.2. The molecule has 0 bridgehead atoms. The number of rotatable bonds is 69. The Morgan fingerprint density at radius 1 is 0.316 bits per heavy atom. The van der Waals surface area contributed by atoms with E-state index in [9.17, 15) is 19.0 Å². The quantitative estimate of drug-likeness (QED) is 0.0195. The van der Waals surface area contributed by atoms with Crippen LogP contribution in [-0.4, -0.2) is 70.0 Å². The van der Waals surface area contributed by atoms with Crippen molar-refractivity contribution in [2.45, 2.75) is 290 Å². The standard InChI is InChI=1S/C88H142NO8P/c1-6-8-10-12-14-16-18-20-22-24-26-28-30-32-34-36-38-40-42-44-46-48-50-52-54-56-58-60-62-64-66-68-70-72-74-76-78-80-87(90)94-84-86(85-96-98(92,93)95-83-82-89(3,4)5)97-88(91)81-79-77-75-73-71-69-67-65-63-61-59-57-55-53-51-49-47-45-43-41-39-37-35-33-31-29-27-25-23-21-19-17-15-13-11-9-7-2/h8-11,14-17,20-23,26-29,32-35,38-41,44-47,51,53,57,59,63,65,86H,6-7,12-13,18-19,24-25,30-31,36-37,42-43,48-50,52,54-56,58,60-62,64,66-85H2,1-5H3/b10-8-,11-9-,16-14-,17-15-,22-20-,23-21-,28-26-,29-27-,34-32-,35-33-,40-38-,41-39-,46-44-,47-45-,53-51-,59-57-,65-63-. The predicted molar refractivity (Wildman–Crippen MR) is 424 cm³/mol. The van der Waals surface area contributed by atoms with E-state index in [-0.39, 0.29) is 26.1 Å². The van der Waals surface area contributed by atoms with Crippen LogP contribution in [0.5, 0.6) is 0 Å². The Morgan fingerprint density at radius 2 is 0.551 bits per heavy atom. The highest BCUT2D eigenvalue weighted by Crippen LogP contribution is 2.38. The molecule has 0 heterocycles. The van der Waals surface area contributed by atoms with Gasteiger partial charge in [-0.15, -0.1) is 0 Å². The Balaban J connectivity index is 4.11. The van der Waals surface area contributed by atoms with Crippen molar-refractivity contribution in [3.05, 3.63) is 207 Å². The number of esters is 2. The van der Waals surface area contributed by atoms with Gasteiger partial charge < -0.3 is 27.9 Å². The minimum Gasteiger partial charge on any atom is -0.756 e. The summed E-state index contributed by atoms with van der Waals surface area (Å²) in [5.74, 6) is -0.859. The van der Waals surface area contributed by atoms with E-state index < -0.39 is 32.5 Å². The fraction of sp³-hybridized carbons (Fsp3) is 0.591. The monoisotopic (exact) mass is 1370 g/mol. The highest BCUT2D eigenvalue weighted by molar-refractivity contribution is 7.45. The third kappa shape index (κ3) is 79.6. The first-order valence-corrected chi connectivity index (χ1v) is 40.3. The van der Waals surface area contributed by atoms with Crippen LogP contribution < -0.4 is 4.89 Å². The molecule has 98 heavy (non-hydrogen) atoms. The Hall–Kier alpha value is -5.41. The maximum absolute atomic E-state index is 12.9. The number of allylic oxidation sites excluding steroid dienone is 34. The lowest BCUT2D eigenvalue weighted by Gasteiger charge is -2.28. The Morgan fingerprint density at radius 3 is 0.816 bits per heavy atom. The fourth-order valence-electron chi connectivity index (χ4n) is 9.96. The molecule has 2 unspecified atom stereocenters. The highest BCUT2D eigenvalue weighted by Gasteiger charge is 2.22. The molecule has 552 valence electrons. The zero-order valence-corrected chi connectivity index (χ0v) is 63.8. The first-order valence-electron chi connectivity index (χ1n) is 38.8. The van der Waals surface area contributed by atoms with Crippen LogP contribution in [0.4, 0.5) is 0 Å². The number of ether oxygens (including phenoxy) is 2. The van der Waals surface area contributed by atoms with Gasteiger partial charge in [-0.2, -0.15) is 0 Å². The molecule has 0 amide bonds. The van der Waals surface area contributed by atoms with Gasteiger partial charge in [0.1, 0.15) is 19.8 Å². The molecule has 0 aromatic carbocycles. The van der Waals surface area contributed by atoms with Crippen molar-refractivity contribution >= 4 is 19.8 Å². The van der Waals surface area contributed by atoms with Crippen LogP contribution in [-0.2, 0) is 32.7 Å². The summed E-state index contributed by atoms with van der Waals surface area (Å²) in [5, 5.41) is 0. The molecule has 0 spiro atoms. The van der Waals surface area contributed by atoms with Crippen LogP contribution in [0.15, 0.2) is 207 Å². The lowest BCUT2D eigenvalue weighted by atomic mass is 10.0. The second-order valence-electron chi connectivity index (χ2n) is 26.3. The van der Waals surface area contributed by atoms with Crippen LogP contribution in [0, 0.1) is 0 Å². The number of carbonyl (C=O) groups excluding carboxylic acids is 2. The van der Waals surface area contributed by atoms with Gasteiger partial charge in [-0.3, -0.25) is 14.2 Å². The van der Waals surface area contributed by atoms with Crippen molar-refractivity contribution in [1.82, 2.24) is 0 Å². The summed E-state index contributed by atoms with van der Waals surface area (Å²) in [4.78, 5) is 38.2. The molecule has 0 radical (unpaired) electrons. The number of likely N-dealkylation sites (N-methyl/N-ethyl adjacent to an activating group) is 1. The number of phosphoric acid groups is 1. The van der Waals surface area contributed by atoms with Gasteiger partial charge in [-0.1, -0.05) is 330 Å². The normalized spacial score (nSPS) is 14.2. The van der Waals surface area contributed by atoms with E-state index in [4.69, 9.17) is 18.5 Å². The number of hydrogen-bond donors (Lipinski definition) is 0. The molecule has 0 saturated carbocycles. The molecule has 10 heteroatoms. The Bertz CT molecular complexity index is 2410. The van der Waals surface area contributed by atoms with Crippen LogP contribution in [0.25, 0.3) is 0 Å². The van der Waals surface area contributed by atoms with Crippen LogP contribution in [0.3, 0.4) is 0 Å². The summed E-state index contributed by atoms with van der Waals surface area (Å²) in [7, 11) is 1.13. The fourth-order valence-corrected chi connectivity index (χ4v) is 10.7. The number of nitrogens with zero attached hydrogens (tertiary/aromatic N) is 1. The lowest BCUT2D eigenvalue weighted by molar-refractivity contribution is -0.870. The van der Waals surface area contributed by atoms with Gasteiger partial charge in [0.2, 0.25) is 0 Å². The average Bonchev–Trinajstić information content (AvgIpc) is 1.08. The molecule has 0 saturated heterocycles. The molecular formula is C88H142NO8P.